The fourth-order valence-corrected chi connectivity index (χ4v) is 2.18. The van der Waals surface area contributed by atoms with Gasteiger partial charge >= 0.3 is 0 Å². The molecule has 0 spiro atoms. The Kier molecular flexibility index (Phi) is 2.17. The molecule has 0 saturated heterocycles. The molecule has 2 aromatic heterocycles. The lowest BCUT2D eigenvalue weighted by Crippen LogP contribution is -1.96. The third-order valence-corrected chi connectivity index (χ3v) is 3.20. The summed E-state index contributed by atoms with van der Waals surface area (Å²) in [6, 6.07) is 3.11. The number of imidazole rings is 1. The normalized spacial score (nSPS) is 12.1. The Morgan fingerprint density at radius 3 is 2.79 bits per heavy atom. The van der Waals surface area contributed by atoms with Crippen LogP contribution in [0.5, 0.6) is 0 Å². The highest BCUT2D eigenvalue weighted by molar-refractivity contribution is 8.13. The van der Waals surface area contributed by atoms with Crippen molar-refractivity contribution in [1.29, 1.82) is 0 Å². The predicted molar refractivity (Wildman–Crippen MR) is 53.2 cm³/mol. The van der Waals surface area contributed by atoms with Gasteiger partial charge in [0.15, 0.2) is 5.03 Å². The van der Waals surface area contributed by atoms with Crippen LogP contribution in [-0.4, -0.2) is 17.8 Å². The molecule has 2 aromatic rings. The van der Waals surface area contributed by atoms with Crippen LogP contribution in [0.1, 0.15) is 0 Å². The van der Waals surface area contributed by atoms with Crippen LogP contribution in [0.15, 0.2) is 29.6 Å². The van der Waals surface area contributed by atoms with E-state index in [1.54, 1.807) is 12.1 Å². The molecule has 74 valence electrons. The monoisotopic (exact) mass is 250 g/mol. The Balaban J connectivity index is 2.83. The molecule has 0 saturated carbocycles. The van der Waals surface area contributed by atoms with Crippen molar-refractivity contribution in [2.45, 2.75) is 5.03 Å². The zero-order chi connectivity index (χ0) is 10.3. The molecule has 7 heteroatoms. The molecule has 0 aliphatic heterocycles. The van der Waals surface area contributed by atoms with Crippen LogP contribution in [-0.2, 0) is 9.05 Å². The van der Waals surface area contributed by atoms with E-state index < -0.39 is 9.05 Å². The number of halogens is 2. The van der Waals surface area contributed by atoms with E-state index in [0.29, 0.717) is 10.7 Å². The second kappa shape index (κ2) is 3.12. The molecule has 0 aliphatic rings. The van der Waals surface area contributed by atoms with E-state index in [9.17, 15) is 8.42 Å². The summed E-state index contributed by atoms with van der Waals surface area (Å²) < 4.78 is 23.5. The van der Waals surface area contributed by atoms with E-state index in [-0.39, 0.29) is 5.03 Å². The van der Waals surface area contributed by atoms with Gasteiger partial charge in [-0.1, -0.05) is 11.6 Å². The highest BCUT2D eigenvalue weighted by atomic mass is 35.7. The maximum Gasteiger partial charge on any atom is 0.278 e. The zero-order valence-corrected chi connectivity index (χ0v) is 9.01. The standard InChI is InChI=1S/C7H4Cl2N2O2S/c8-5-1-2-11-6(3-5)10-4-7(11)14(9,12)13/h1-4H. The van der Waals surface area contributed by atoms with Gasteiger partial charge in [0, 0.05) is 28.0 Å². The number of pyridine rings is 1. The molecule has 0 aromatic carbocycles. The molecular weight excluding hydrogens is 247 g/mol. The zero-order valence-electron chi connectivity index (χ0n) is 6.68. The third kappa shape index (κ3) is 1.58. The highest BCUT2D eigenvalue weighted by Gasteiger charge is 2.15. The van der Waals surface area contributed by atoms with Crippen LogP contribution in [0.3, 0.4) is 0 Å². The van der Waals surface area contributed by atoms with Crippen molar-refractivity contribution >= 4 is 37.0 Å². The topological polar surface area (TPSA) is 51.4 Å². The second-order valence-electron chi connectivity index (χ2n) is 2.61. The van der Waals surface area contributed by atoms with Gasteiger partial charge in [-0.05, 0) is 6.07 Å². The lowest BCUT2D eigenvalue weighted by Gasteiger charge is -1.97. The van der Waals surface area contributed by atoms with Crippen LogP contribution in [0, 0.1) is 0 Å². The molecule has 2 rings (SSSR count). The van der Waals surface area contributed by atoms with Crippen molar-refractivity contribution in [1.82, 2.24) is 9.38 Å². The Morgan fingerprint density at radius 1 is 1.43 bits per heavy atom. The number of hydrogen-bond donors (Lipinski definition) is 0. The van der Waals surface area contributed by atoms with Crippen LogP contribution < -0.4 is 0 Å². The number of fused-ring (bicyclic) bond motifs is 1. The van der Waals surface area contributed by atoms with E-state index in [0.717, 1.165) is 0 Å². The van der Waals surface area contributed by atoms with E-state index in [1.807, 2.05) is 0 Å². The fraction of sp³-hybridized carbons (Fsp3) is 0. The summed E-state index contributed by atoms with van der Waals surface area (Å²) in [6.45, 7) is 0. The van der Waals surface area contributed by atoms with Gasteiger partial charge in [0.1, 0.15) is 5.65 Å². The maximum absolute atomic E-state index is 11.1. The highest BCUT2D eigenvalue weighted by Crippen LogP contribution is 2.18. The van der Waals surface area contributed by atoms with Crippen LogP contribution in [0.25, 0.3) is 5.65 Å². The molecular formula is C7H4Cl2N2O2S. The number of nitrogens with zero attached hydrogens (tertiary/aromatic N) is 2. The van der Waals surface area contributed by atoms with Gasteiger partial charge in [-0.25, -0.2) is 13.4 Å². The Morgan fingerprint density at radius 2 is 2.14 bits per heavy atom. The molecule has 0 unspecified atom stereocenters. The summed E-state index contributed by atoms with van der Waals surface area (Å²) in [7, 11) is 1.43. The fourth-order valence-electron chi connectivity index (χ4n) is 1.11. The quantitative estimate of drug-likeness (QED) is 0.727. The molecule has 0 N–H and O–H groups in total. The Bertz CT molecular complexity index is 591. The van der Waals surface area contributed by atoms with Gasteiger partial charge in [-0.3, -0.25) is 4.40 Å². The van der Waals surface area contributed by atoms with Crippen molar-refractivity contribution in [3.63, 3.8) is 0 Å². The maximum atomic E-state index is 11.1. The first kappa shape index (κ1) is 9.76. The van der Waals surface area contributed by atoms with E-state index in [4.69, 9.17) is 22.3 Å². The largest absolute Gasteiger partial charge is 0.289 e. The summed E-state index contributed by atoms with van der Waals surface area (Å²) in [4.78, 5) is 3.86. The number of aromatic nitrogens is 2. The van der Waals surface area contributed by atoms with Crippen molar-refractivity contribution in [2.75, 3.05) is 0 Å². The van der Waals surface area contributed by atoms with Crippen molar-refractivity contribution in [3.8, 4) is 0 Å². The smallest absolute Gasteiger partial charge is 0.278 e. The first-order valence-corrected chi connectivity index (χ1v) is 6.24. The lowest BCUT2D eigenvalue weighted by atomic mass is 10.5. The number of hydrogen-bond acceptors (Lipinski definition) is 3. The van der Waals surface area contributed by atoms with E-state index in [2.05, 4.69) is 4.98 Å². The van der Waals surface area contributed by atoms with Gasteiger partial charge in [0.25, 0.3) is 9.05 Å². The van der Waals surface area contributed by atoms with Crippen LogP contribution >= 0.6 is 22.3 Å². The second-order valence-corrected chi connectivity index (χ2v) is 5.56. The molecule has 0 aliphatic carbocycles. The first-order chi connectivity index (χ1) is 6.48. The van der Waals surface area contributed by atoms with Crippen molar-refractivity contribution in [2.24, 2.45) is 0 Å². The van der Waals surface area contributed by atoms with Crippen LogP contribution in [0.2, 0.25) is 5.02 Å². The molecule has 2 heterocycles. The number of rotatable bonds is 1. The van der Waals surface area contributed by atoms with E-state index >= 15 is 0 Å². The van der Waals surface area contributed by atoms with Gasteiger partial charge in [0.2, 0.25) is 0 Å². The van der Waals surface area contributed by atoms with Gasteiger partial charge in [-0.2, -0.15) is 0 Å². The molecule has 0 amide bonds. The third-order valence-electron chi connectivity index (χ3n) is 1.69. The molecule has 14 heavy (non-hydrogen) atoms. The Hall–Kier alpha value is -0.780. The SMILES string of the molecule is O=S(=O)(Cl)c1cnc2cc(Cl)ccn12. The lowest BCUT2D eigenvalue weighted by molar-refractivity contribution is 0.605. The summed E-state index contributed by atoms with van der Waals surface area (Å²) >= 11 is 5.71. The predicted octanol–water partition coefficient (Wildman–Crippen LogP) is 1.92. The molecule has 0 fully saturated rings. The summed E-state index contributed by atoms with van der Waals surface area (Å²) in [5, 5.41) is 0.424. The molecule has 0 bridgehead atoms. The van der Waals surface area contributed by atoms with E-state index in [1.165, 1.54) is 16.8 Å². The Labute approximate surface area is 89.5 Å². The summed E-state index contributed by atoms with van der Waals surface area (Å²) in [5.41, 5.74) is 0.441. The minimum Gasteiger partial charge on any atom is -0.289 e. The molecule has 0 atom stereocenters. The van der Waals surface area contributed by atoms with Gasteiger partial charge in [-0.15, -0.1) is 0 Å². The van der Waals surface area contributed by atoms with Crippen molar-refractivity contribution in [3.05, 3.63) is 29.5 Å². The van der Waals surface area contributed by atoms with Crippen LogP contribution in [0.4, 0.5) is 0 Å². The minimum atomic E-state index is -3.77. The van der Waals surface area contributed by atoms with Crippen molar-refractivity contribution < 1.29 is 8.42 Å². The minimum absolute atomic E-state index is 0.0640. The van der Waals surface area contributed by atoms with Gasteiger partial charge < -0.3 is 0 Å². The average Bonchev–Trinajstić information content (AvgIpc) is 2.45. The first-order valence-electron chi connectivity index (χ1n) is 3.56. The average molecular weight is 251 g/mol. The molecule has 0 radical (unpaired) electrons. The summed E-state index contributed by atoms with van der Waals surface area (Å²) in [6.07, 6.45) is 2.69. The summed E-state index contributed by atoms with van der Waals surface area (Å²) in [5.74, 6) is 0. The van der Waals surface area contributed by atoms with Gasteiger partial charge in [0.05, 0.1) is 6.20 Å². The molecule has 4 nitrogen and oxygen atoms in total.